The maximum atomic E-state index is 13.0. The SMILES string of the molecule is Nc1cccc(-c2nnnn2CC(F)(F)C(F)F)c1. The summed E-state index contributed by atoms with van der Waals surface area (Å²) in [6.45, 7) is -1.30. The minimum absolute atomic E-state index is 0.0485. The molecule has 0 aliphatic carbocycles. The number of benzene rings is 1. The molecule has 19 heavy (non-hydrogen) atoms. The second-order valence-corrected chi connectivity index (χ2v) is 3.85. The molecule has 5 nitrogen and oxygen atoms in total. The molecule has 1 aromatic heterocycles. The van der Waals surface area contributed by atoms with Gasteiger partial charge in [-0.2, -0.15) is 8.78 Å². The number of nitrogens with zero attached hydrogens (tertiary/aromatic N) is 4. The van der Waals surface area contributed by atoms with Crippen LogP contribution in [0.1, 0.15) is 0 Å². The van der Waals surface area contributed by atoms with Gasteiger partial charge in [0.15, 0.2) is 5.82 Å². The van der Waals surface area contributed by atoms with Gasteiger partial charge < -0.3 is 5.73 Å². The molecule has 2 rings (SSSR count). The number of anilines is 1. The Hall–Kier alpha value is -2.19. The smallest absolute Gasteiger partial charge is 0.326 e. The van der Waals surface area contributed by atoms with E-state index in [1.54, 1.807) is 18.2 Å². The molecule has 2 N–H and O–H groups in total. The molecule has 0 aliphatic heterocycles. The highest BCUT2D eigenvalue weighted by atomic mass is 19.3. The maximum Gasteiger partial charge on any atom is 0.326 e. The van der Waals surface area contributed by atoms with E-state index in [2.05, 4.69) is 15.5 Å². The molecule has 0 amide bonds. The van der Waals surface area contributed by atoms with E-state index in [1.165, 1.54) is 6.07 Å². The van der Waals surface area contributed by atoms with E-state index in [0.29, 0.717) is 15.9 Å². The van der Waals surface area contributed by atoms with E-state index >= 15 is 0 Å². The first-order chi connectivity index (χ1) is 8.90. The van der Waals surface area contributed by atoms with Gasteiger partial charge in [0, 0.05) is 11.3 Å². The quantitative estimate of drug-likeness (QED) is 0.682. The van der Waals surface area contributed by atoms with Crippen LogP contribution in [0.15, 0.2) is 24.3 Å². The second-order valence-electron chi connectivity index (χ2n) is 3.85. The molecule has 0 spiro atoms. The van der Waals surface area contributed by atoms with Crippen molar-refractivity contribution in [2.45, 2.75) is 18.9 Å². The van der Waals surface area contributed by atoms with Gasteiger partial charge in [0.05, 0.1) is 0 Å². The number of hydrogen-bond acceptors (Lipinski definition) is 4. The minimum atomic E-state index is -4.20. The molecule has 9 heteroatoms. The van der Waals surface area contributed by atoms with Crippen molar-refractivity contribution in [1.82, 2.24) is 20.2 Å². The Kier molecular flexibility index (Phi) is 3.36. The van der Waals surface area contributed by atoms with Gasteiger partial charge in [0.2, 0.25) is 0 Å². The van der Waals surface area contributed by atoms with Gasteiger partial charge >= 0.3 is 12.3 Å². The van der Waals surface area contributed by atoms with Crippen molar-refractivity contribution in [3.8, 4) is 11.4 Å². The summed E-state index contributed by atoms with van der Waals surface area (Å²) < 4.78 is 50.9. The number of rotatable bonds is 4. The van der Waals surface area contributed by atoms with Gasteiger partial charge in [0.25, 0.3) is 0 Å². The molecule has 0 radical (unpaired) electrons. The van der Waals surface area contributed by atoms with Crippen molar-refractivity contribution in [2.24, 2.45) is 0 Å². The predicted octanol–water partition coefficient (Wildman–Crippen LogP) is 1.82. The van der Waals surface area contributed by atoms with Crippen LogP contribution in [0, 0.1) is 0 Å². The first-order valence-electron chi connectivity index (χ1n) is 5.18. The molecule has 2 aromatic rings. The highest BCUT2D eigenvalue weighted by Gasteiger charge is 2.42. The number of hydrogen-bond donors (Lipinski definition) is 1. The van der Waals surface area contributed by atoms with Crippen LogP contribution in [0.5, 0.6) is 0 Å². The van der Waals surface area contributed by atoms with Crippen molar-refractivity contribution < 1.29 is 17.6 Å². The van der Waals surface area contributed by atoms with Crippen LogP contribution in [0.25, 0.3) is 11.4 Å². The summed E-state index contributed by atoms with van der Waals surface area (Å²) in [6.07, 6.45) is -3.79. The largest absolute Gasteiger partial charge is 0.399 e. The Morgan fingerprint density at radius 2 is 2.05 bits per heavy atom. The predicted molar refractivity (Wildman–Crippen MR) is 58.6 cm³/mol. The van der Waals surface area contributed by atoms with Gasteiger partial charge in [-0.1, -0.05) is 12.1 Å². The lowest BCUT2D eigenvalue weighted by Crippen LogP contribution is -2.32. The Morgan fingerprint density at radius 1 is 1.32 bits per heavy atom. The van der Waals surface area contributed by atoms with E-state index in [-0.39, 0.29) is 5.82 Å². The van der Waals surface area contributed by atoms with E-state index in [9.17, 15) is 17.6 Å². The van der Waals surface area contributed by atoms with E-state index in [0.717, 1.165) is 0 Å². The third-order valence-electron chi connectivity index (χ3n) is 2.36. The molecule has 0 saturated carbocycles. The maximum absolute atomic E-state index is 13.0. The lowest BCUT2D eigenvalue weighted by molar-refractivity contribution is -0.139. The number of alkyl halides is 4. The average molecular weight is 275 g/mol. The van der Waals surface area contributed by atoms with E-state index < -0.39 is 18.9 Å². The Morgan fingerprint density at radius 3 is 2.68 bits per heavy atom. The molecular formula is C10H9F4N5. The lowest BCUT2D eigenvalue weighted by Gasteiger charge is -2.15. The summed E-state index contributed by atoms with van der Waals surface area (Å²) >= 11 is 0. The van der Waals surface area contributed by atoms with Crippen molar-refractivity contribution in [3.63, 3.8) is 0 Å². The summed E-state index contributed by atoms with van der Waals surface area (Å²) in [6, 6.07) is 6.17. The van der Waals surface area contributed by atoms with Crippen molar-refractivity contribution >= 4 is 5.69 Å². The molecule has 0 fully saturated rings. The zero-order valence-electron chi connectivity index (χ0n) is 9.47. The van der Waals surface area contributed by atoms with Crippen LogP contribution in [0.3, 0.4) is 0 Å². The number of nitrogens with two attached hydrogens (primary N) is 1. The van der Waals surface area contributed by atoms with Gasteiger partial charge in [-0.3, -0.25) is 0 Å². The molecule has 1 aromatic carbocycles. The third-order valence-corrected chi connectivity index (χ3v) is 2.36. The van der Waals surface area contributed by atoms with Crippen molar-refractivity contribution in [2.75, 3.05) is 5.73 Å². The Balaban J connectivity index is 2.33. The molecule has 0 saturated heterocycles. The molecule has 0 atom stereocenters. The first kappa shape index (κ1) is 13.2. The Bertz CT molecular complexity index is 569. The number of halogens is 4. The van der Waals surface area contributed by atoms with Crippen LogP contribution in [-0.2, 0) is 6.54 Å². The van der Waals surface area contributed by atoms with Crippen LogP contribution in [-0.4, -0.2) is 32.6 Å². The van der Waals surface area contributed by atoms with Gasteiger partial charge in [0.1, 0.15) is 6.54 Å². The molecule has 0 aliphatic rings. The van der Waals surface area contributed by atoms with Crippen LogP contribution in [0.4, 0.5) is 23.2 Å². The average Bonchev–Trinajstić information content (AvgIpc) is 2.76. The van der Waals surface area contributed by atoms with E-state index in [4.69, 9.17) is 5.73 Å². The van der Waals surface area contributed by atoms with Crippen molar-refractivity contribution in [3.05, 3.63) is 24.3 Å². The normalized spacial score (nSPS) is 12.1. The zero-order chi connectivity index (χ0) is 14.0. The zero-order valence-corrected chi connectivity index (χ0v) is 9.47. The summed E-state index contributed by atoms with van der Waals surface area (Å²) in [5.41, 5.74) is 6.30. The standard InChI is InChI=1S/C10H9F4N5/c11-9(12)10(13,14)5-19-8(16-17-18-19)6-2-1-3-7(15)4-6/h1-4,9H,5,15H2. The van der Waals surface area contributed by atoms with Crippen LogP contribution in [0.2, 0.25) is 0 Å². The topological polar surface area (TPSA) is 69.6 Å². The van der Waals surface area contributed by atoms with E-state index in [1.807, 2.05) is 0 Å². The molecule has 0 bridgehead atoms. The molecule has 0 unspecified atom stereocenters. The van der Waals surface area contributed by atoms with Crippen LogP contribution < -0.4 is 5.73 Å². The number of aromatic nitrogens is 4. The molecule has 102 valence electrons. The number of tetrazole rings is 1. The summed E-state index contributed by atoms with van der Waals surface area (Å²) in [5, 5.41) is 10.0. The summed E-state index contributed by atoms with van der Waals surface area (Å²) in [5.74, 6) is -4.25. The highest BCUT2D eigenvalue weighted by Crippen LogP contribution is 2.27. The highest BCUT2D eigenvalue weighted by molar-refractivity contribution is 5.60. The monoisotopic (exact) mass is 275 g/mol. The fraction of sp³-hybridized carbons (Fsp3) is 0.300. The summed E-state index contributed by atoms with van der Waals surface area (Å²) in [4.78, 5) is 0. The fourth-order valence-electron chi connectivity index (χ4n) is 1.46. The number of nitrogen functional groups attached to an aromatic ring is 1. The summed E-state index contributed by atoms with van der Waals surface area (Å²) in [7, 11) is 0. The second kappa shape index (κ2) is 4.82. The third kappa shape index (κ3) is 2.80. The fourth-order valence-corrected chi connectivity index (χ4v) is 1.46. The van der Waals surface area contributed by atoms with Gasteiger partial charge in [-0.25, -0.2) is 13.5 Å². The van der Waals surface area contributed by atoms with Gasteiger partial charge in [-0.05, 0) is 22.6 Å². The molecule has 1 heterocycles. The molecular weight excluding hydrogens is 266 g/mol. The van der Waals surface area contributed by atoms with Gasteiger partial charge in [-0.15, -0.1) is 5.10 Å². The first-order valence-corrected chi connectivity index (χ1v) is 5.18. The Labute approximate surface area is 105 Å². The van der Waals surface area contributed by atoms with Crippen LogP contribution >= 0.6 is 0 Å². The minimum Gasteiger partial charge on any atom is -0.399 e. The van der Waals surface area contributed by atoms with Crippen molar-refractivity contribution in [1.29, 1.82) is 0 Å². The lowest BCUT2D eigenvalue weighted by atomic mass is 10.2.